The molecule has 0 bridgehead atoms. The Hall–Kier alpha value is -0.621. The molecule has 37 heavy (non-hydrogen) atoms. The number of carbonyl (C=O) groups is 4. The van der Waals surface area contributed by atoms with Gasteiger partial charge in [0.1, 0.15) is 48.8 Å². The molecule has 0 radical (unpaired) electrons. The summed E-state index contributed by atoms with van der Waals surface area (Å²) in [7, 11) is 0. The summed E-state index contributed by atoms with van der Waals surface area (Å²) < 4.78 is 0. The molecule has 20 nitrogen and oxygen atoms in total. The molecule has 0 fully saturated rings. The number of carboxylic acid groups (broad SMARTS) is 6. The Morgan fingerprint density at radius 2 is 0.622 bits per heavy atom. The van der Waals surface area contributed by atoms with E-state index in [9.17, 15) is 19.8 Å². The molecular weight excluding hydrogens is 561 g/mol. The summed E-state index contributed by atoms with van der Waals surface area (Å²) in [4.78, 5) is 36.6. The first-order valence-corrected chi connectivity index (χ1v) is 8.13. The van der Waals surface area contributed by atoms with Gasteiger partial charge in [-0.05, 0) is 12.3 Å². The number of aliphatic carboxylic acids is 2. The third-order valence-electron chi connectivity index (χ3n) is 2.99. The Morgan fingerprint density at radius 3 is 0.730 bits per heavy atom. The van der Waals surface area contributed by atoms with Gasteiger partial charge in [-0.3, -0.25) is 0 Å². The summed E-state index contributed by atoms with van der Waals surface area (Å²) in [6.07, 6.45) is -20.8. The van der Waals surface area contributed by atoms with Crippen LogP contribution in [0.2, 0.25) is 0 Å². The fourth-order valence-corrected chi connectivity index (χ4v) is 1.32. The average Bonchev–Trinajstić information content (AvgIpc) is 2.74. The predicted octanol–water partition coefficient (Wildman–Crippen LogP) is -15.7. The molecule has 8 unspecified atom stereocenters. The van der Waals surface area contributed by atoms with Crippen molar-refractivity contribution in [3.05, 3.63) is 0 Å². The van der Waals surface area contributed by atoms with E-state index in [-0.39, 0.29) is 69.2 Å². The Morgan fingerprint density at radius 1 is 0.459 bits per heavy atom. The first-order valence-electron chi connectivity index (χ1n) is 8.13. The molecule has 0 spiro atoms. The Bertz CT molecular complexity index is 539. The molecule has 10 N–H and O–H groups in total. The fourth-order valence-electron chi connectivity index (χ4n) is 1.32. The van der Waals surface area contributed by atoms with Crippen molar-refractivity contribution in [2.24, 2.45) is 0 Å². The largest absolute Gasteiger partial charge is 2.00 e. The SMILES string of the molecule is O=C([O-])C(O)C(O)C(O)C(O)CO.O=C([O-])C(O)C(O)C(O)C(O)CO.O=C([O-])[O-].O=C([O-])[O-].[Mg+2].[Mg+2].[Mg+2]. The van der Waals surface area contributed by atoms with Gasteiger partial charge in [0.15, 0.2) is 0 Å². The topological polar surface area (TPSA) is 409 Å². The first-order chi connectivity index (χ1) is 15.3. The van der Waals surface area contributed by atoms with Gasteiger partial charge in [-0.1, -0.05) is 0 Å². The zero-order valence-electron chi connectivity index (χ0n) is 18.7. The normalized spacial score (nSPS) is 15.6. The molecule has 23 heteroatoms. The molecule has 0 aromatic carbocycles. The van der Waals surface area contributed by atoms with Crippen LogP contribution in [0.25, 0.3) is 0 Å². The molecule has 0 amide bonds. The van der Waals surface area contributed by atoms with Crippen LogP contribution in [0.1, 0.15) is 0 Å². The number of carboxylic acids is 2. The van der Waals surface area contributed by atoms with Crippen LogP contribution in [0.5, 0.6) is 0 Å². The Kier molecular flexibility index (Phi) is 42.7. The molecule has 0 aromatic rings. The van der Waals surface area contributed by atoms with Crippen LogP contribution < -0.4 is 30.6 Å². The predicted molar refractivity (Wildman–Crippen MR) is 100 cm³/mol. The van der Waals surface area contributed by atoms with E-state index >= 15 is 0 Å². The van der Waals surface area contributed by atoms with E-state index < -0.39 is 86.3 Å². The van der Waals surface area contributed by atoms with Gasteiger partial charge < -0.3 is 101 Å². The third kappa shape index (κ3) is 31.5. The zero-order chi connectivity index (χ0) is 28.3. The van der Waals surface area contributed by atoms with Crippen molar-refractivity contribution < 1.29 is 101 Å². The van der Waals surface area contributed by atoms with Crippen molar-refractivity contribution in [2.75, 3.05) is 13.2 Å². The maximum absolute atomic E-state index is 9.98. The zero-order valence-corrected chi connectivity index (χ0v) is 23.0. The van der Waals surface area contributed by atoms with Crippen LogP contribution in [0.4, 0.5) is 9.59 Å². The molecule has 0 aliphatic carbocycles. The van der Waals surface area contributed by atoms with E-state index in [1.165, 1.54) is 0 Å². The minimum atomic E-state index is -2.33. The van der Waals surface area contributed by atoms with E-state index in [1.54, 1.807) is 0 Å². The van der Waals surface area contributed by atoms with Crippen molar-refractivity contribution in [2.45, 2.75) is 48.8 Å². The van der Waals surface area contributed by atoms with Crippen molar-refractivity contribution in [1.29, 1.82) is 0 Å². The molecule has 0 aliphatic heterocycles. The van der Waals surface area contributed by atoms with Gasteiger partial charge in [0.05, 0.1) is 25.2 Å². The van der Waals surface area contributed by atoms with E-state index in [1.807, 2.05) is 0 Å². The second-order valence-electron chi connectivity index (χ2n) is 5.49. The fraction of sp³-hybridized carbons (Fsp3) is 0.714. The molecule has 0 saturated carbocycles. The minimum absolute atomic E-state index is 0. The third-order valence-corrected chi connectivity index (χ3v) is 2.99. The second-order valence-corrected chi connectivity index (χ2v) is 5.49. The summed E-state index contributed by atoms with van der Waals surface area (Å²) >= 11 is 0. The molecule has 0 heterocycles. The van der Waals surface area contributed by atoms with Crippen molar-refractivity contribution in [1.82, 2.24) is 0 Å². The van der Waals surface area contributed by atoms with Crippen molar-refractivity contribution in [3.63, 3.8) is 0 Å². The standard InChI is InChI=1S/2C6H12O7.2CH2O3.3Mg/c2*7-1-2(8)3(9)4(10)5(11)6(12)13;2*2-1(3)4;;;/h2*2-5,7-11H,1H2,(H,12,13);2*(H2,2,3,4);;;/q;;;;3*+2/p-6. The van der Waals surface area contributed by atoms with Gasteiger partial charge >= 0.3 is 69.2 Å². The van der Waals surface area contributed by atoms with Crippen LogP contribution in [-0.2, 0) is 9.59 Å². The summed E-state index contributed by atoms with van der Waals surface area (Å²) in [5, 5.41) is 140. The number of hydrogen-bond donors (Lipinski definition) is 10. The molecule has 0 rings (SSSR count). The van der Waals surface area contributed by atoms with Crippen LogP contribution in [-0.4, -0.2) is 207 Å². The monoisotopic (exact) mass is 582 g/mol. The van der Waals surface area contributed by atoms with E-state index in [4.69, 9.17) is 81.1 Å². The van der Waals surface area contributed by atoms with Crippen LogP contribution in [0, 0.1) is 0 Å². The number of aliphatic hydroxyl groups excluding tert-OH is 10. The van der Waals surface area contributed by atoms with Gasteiger partial charge in [0, 0.05) is 0 Å². The summed E-state index contributed by atoms with van der Waals surface area (Å²) in [5.74, 6) is -3.95. The second kappa shape index (κ2) is 29.9. The van der Waals surface area contributed by atoms with E-state index in [0.717, 1.165) is 0 Å². The van der Waals surface area contributed by atoms with Crippen LogP contribution >= 0.6 is 0 Å². The molecule has 0 aromatic heterocycles. The minimum Gasteiger partial charge on any atom is -0.652 e. The Labute approximate surface area is 255 Å². The maximum atomic E-state index is 9.98. The first kappa shape index (κ1) is 52.8. The number of rotatable bonds is 10. The number of carbonyl (C=O) groups excluding carboxylic acids is 4. The summed E-state index contributed by atoms with van der Waals surface area (Å²) in [6.45, 7) is -1.73. The van der Waals surface area contributed by atoms with Crippen LogP contribution in [0.3, 0.4) is 0 Å². The van der Waals surface area contributed by atoms with Gasteiger partial charge in [-0.2, -0.15) is 0 Å². The molecule has 204 valence electrons. The van der Waals surface area contributed by atoms with E-state index in [0.29, 0.717) is 0 Å². The van der Waals surface area contributed by atoms with Crippen LogP contribution in [0.15, 0.2) is 0 Å². The van der Waals surface area contributed by atoms with Crippen molar-refractivity contribution in [3.8, 4) is 0 Å². The molecular formula is C14H22Mg3O20. The quantitative estimate of drug-likeness (QED) is 0.107. The average molecular weight is 583 g/mol. The molecule has 8 atom stereocenters. The summed E-state index contributed by atoms with van der Waals surface area (Å²) in [5.41, 5.74) is 0. The molecule has 0 aliphatic rings. The summed E-state index contributed by atoms with van der Waals surface area (Å²) in [6, 6.07) is 0. The maximum Gasteiger partial charge on any atom is 2.00 e. The van der Waals surface area contributed by atoms with E-state index in [2.05, 4.69) is 0 Å². The number of aliphatic hydroxyl groups is 10. The number of hydrogen-bond acceptors (Lipinski definition) is 20. The Balaban J connectivity index is -0.0000000709. The van der Waals surface area contributed by atoms with Gasteiger partial charge in [0.25, 0.3) is 0 Å². The van der Waals surface area contributed by atoms with Crippen molar-refractivity contribution >= 4 is 93.4 Å². The van der Waals surface area contributed by atoms with Gasteiger partial charge in [-0.15, -0.1) is 0 Å². The molecule has 0 saturated heterocycles. The van der Waals surface area contributed by atoms with Gasteiger partial charge in [-0.25, -0.2) is 0 Å². The smallest absolute Gasteiger partial charge is 0.652 e. The van der Waals surface area contributed by atoms with Gasteiger partial charge in [0.2, 0.25) is 0 Å².